The maximum absolute atomic E-state index is 5.80. The minimum Gasteiger partial charge on any atom is -0.494 e. The summed E-state index contributed by atoms with van der Waals surface area (Å²) in [5.74, 6) is 0.960. The number of aromatic nitrogens is 1. The number of benzene rings is 2. The molecule has 2 heterocycles. The summed E-state index contributed by atoms with van der Waals surface area (Å²) in [5.41, 5.74) is 6.71. The summed E-state index contributed by atoms with van der Waals surface area (Å²) < 4.78 is 5.80. The highest BCUT2D eigenvalue weighted by Crippen LogP contribution is 2.34. The molecule has 0 amide bonds. The normalized spacial score (nSPS) is 14.3. The van der Waals surface area contributed by atoms with Gasteiger partial charge in [0.25, 0.3) is 0 Å². The Morgan fingerprint density at radius 1 is 1.00 bits per heavy atom. The Morgan fingerprint density at radius 3 is 2.68 bits per heavy atom. The predicted molar refractivity (Wildman–Crippen MR) is 104 cm³/mol. The number of hydrogen-bond donors (Lipinski definition) is 2. The Hall–Kier alpha value is -2.26. The van der Waals surface area contributed by atoms with Crippen molar-refractivity contribution in [3.63, 3.8) is 0 Å². The van der Waals surface area contributed by atoms with Crippen molar-refractivity contribution in [3.8, 4) is 16.9 Å². The number of nitrogens with one attached hydrogen (secondary N) is 2. The molecule has 0 atom stereocenters. The van der Waals surface area contributed by atoms with E-state index in [0.29, 0.717) is 0 Å². The van der Waals surface area contributed by atoms with Gasteiger partial charge in [-0.25, -0.2) is 0 Å². The third-order valence-electron chi connectivity index (χ3n) is 5.05. The van der Waals surface area contributed by atoms with Crippen LogP contribution in [0.2, 0.25) is 0 Å². The van der Waals surface area contributed by atoms with E-state index in [1.807, 2.05) is 0 Å². The monoisotopic (exact) mass is 334 g/mol. The molecular weight excluding hydrogens is 308 g/mol. The van der Waals surface area contributed by atoms with Crippen molar-refractivity contribution in [1.29, 1.82) is 0 Å². The first-order valence-electron chi connectivity index (χ1n) is 9.43. The molecule has 130 valence electrons. The maximum Gasteiger partial charge on any atom is 0.119 e. The quantitative estimate of drug-likeness (QED) is 0.664. The van der Waals surface area contributed by atoms with Crippen LogP contribution in [0, 0.1) is 0 Å². The second-order valence-corrected chi connectivity index (χ2v) is 6.79. The standard InChI is InChI=1S/C22H26N2O/c1-2-3-15-25-17-9-7-16(8-10-17)18-5-4-6-21-22(18)19-11-13-23-14-12-20(19)24-21/h4-10,23-24H,2-3,11-15H2,1H3. The summed E-state index contributed by atoms with van der Waals surface area (Å²) in [4.78, 5) is 3.65. The number of rotatable bonds is 5. The van der Waals surface area contributed by atoms with Gasteiger partial charge in [-0.2, -0.15) is 0 Å². The van der Waals surface area contributed by atoms with E-state index in [4.69, 9.17) is 4.74 Å². The van der Waals surface area contributed by atoms with Gasteiger partial charge in [0.05, 0.1) is 6.61 Å². The molecule has 25 heavy (non-hydrogen) atoms. The fourth-order valence-electron chi connectivity index (χ4n) is 3.72. The van der Waals surface area contributed by atoms with Crippen LogP contribution in [-0.4, -0.2) is 24.7 Å². The van der Waals surface area contributed by atoms with E-state index in [0.717, 1.165) is 51.1 Å². The van der Waals surface area contributed by atoms with Gasteiger partial charge in [-0.15, -0.1) is 0 Å². The predicted octanol–water partition coefficient (Wildman–Crippen LogP) is 4.70. The topological polar surface area (TPSA) is 37.0 Å². The first kappa shape index (κ1) is 16.2. The van der Waals surface area contributed by atoms with Crippen molar-refractivity contribution in [2.24, 2.45) is 0 Å². The molecule has 1 aromatic heterocycles. The second kappa shape index (κ2) is 7.32. The van der Waals surface area contributed by atoms with Crippen molar-refractivity contribution in [1.82, 2.24) is 10.3 Å². The smallest absolute Gasteiger partial charge is 0.119 e. The van der Waals surface area contributed by atoms with Crippen molar-refractivity contribution in [3.05, 3.63) is 53.7 Å². The average molecular weight is 334 g/mol. The molecule has 2 aromatic carbocycles. The van der Waals surface area contributed by atoms with E-state index >= 15 is 0 Å². The van der Waals surface area contributed by atoms with E-state index in [1.54, 1.807) is 0 Å². The Morgan fingerprint density at radius 2 is 1.84 bits per heavy atom. The number of unbranched alkanes of at least 4 members (excludes halogenated alkanes) is 1. The van der Waals surface area contributed by atoms with Crippen LogP contribution >= 0.6 is 0 Å². The van der Waals surface area contributed by atoms with Crippen LogP contribution in [-0.2, 0) is 12.8 Å². The lowest BCUT2D eigenvalue weighted by Crippen LogP contribution is -2.16. The van der Waals surface area contributed by atoms with Crippen molar-refractivity contribution >= 4 is 10.9 Å². The van der Waals surface area contributed by atoms with Crippen LogP contribution in [0.25, 0.3) is 22.0 Å². The van der Waals surface area contributed by atoms with E-state index in [-0.39, 0.29) is 0 Å². The number of aromatic amines is 1. The van der Waals surface area contributed by atoms with E-state index in [1.165, 1.54) is 33.3 Å². The zero-order valence-corrected chi connectivity index (χ0v) is 14.9. The van der Waals surface area contributed by atoms with E-state index in [9.17, 15) is 0 Å². The second-order valence-electron chi connectivity index (χ2n) is 6.79. The van der Waals surface area contributed by atoms with Gasteiger partial charge in [0, 0.05) is 29.6 Å². The molecule has 0 aliphatic carbocycles. The fraction of sp³-hybridized carbons (Fsp3) is 0.364. The van der Waals surface area contributed by atoms with Crippen LogP contribution in [0.3, 0.4) is 0 Å². The van der Waals surface area contributed by atoms with Gasteiger partial charge in [-0.1, -0.05) is 37.6 Å². The third kappa shape index (κ3) is 3.29. The average Bonchev–Trinajstić information content (AvgIpc) is 2.84. The SMILES string of the molecule is CCCCOc1ccc(-c2cccc3[nH]c4c(c23)CCNCC4)cc1. The fourth-order valence-corrected chi connectivity index (χ4v) is 3.72. The van der Waals surface area contributed by atoms with Crippen molar-refractivity contribution in [2.45, 2.75) is 32.6 Å². The third-order valence-corrected chi connectivity index (χ3v) is 5.05. The Kier molecular flexibility index (Phi) is 4.75. The Balaban J connectivity index is 1.70. The number of ether oxygens (including phenoxy) is 1. The van der Waals surface area contributed by atoms with Gasteiger partial charge in [0.1, 0.15) is 5.75 Å². The highest BCUT2D eigenvalue weighted by molar-refractivity contribution is 5.98. The molecule has 0 bridgehead atoms. The van der Waals surface area contributed by atoms with Gasteiger partial charge in [0.15, 0.2) is 0 Å². The molecule has 3 aromatic rings. The Bertz CT molecular complexity index is 848. The molecule has 3 heteroatoms. The highest BCUT2D eigenvalue weighted by atomic mass is 16.5. The lowest BCUT2D eigenvalue weighted by Gasteiger charge is -2.09. The molecule has 4 rings (SSSR count). The zero-order valence-electron chi connectivity index (χ0n) is 14.9. The Labute approximate surface area is 149 Å². The summed E-state index contributed by atoms with van der Waals surface area (Å²) in [6.45, 7) is 5.09. The van der Waals surface area contributed by atoms with Gasteiger partial charge in [-0.05, 0) is 54.3 Å². The van der Waals surface area contributed by atoms with Crippen LogP contribution in [0.1, 0.15) is 31.0 Å². The van der Waals surface area contributed by atoms with Crippen molar-refractivity contribution < 1.29 is 4.74 Å². The summed E-state index contributed by atoms with van der Waals surface area (Å²) in [6.07, 6.45) is 4.43. The van der Waals surface area contributed by atoms with Crippen LogP contribution in [0.5, 0.6) is 5.75 Å². The molecule has 0 fully saturated rings. The molecular formula is C22H26N2O. The first-order valence-corrected chi connectivity index (χ1v) is 9.43. The first-order chi connectivity index (χ1) is 12.4. The lowest BCUT2D eigenvalue weighted by atomic mass is 9.97. The van der Waals surface area contributed by atoms with Gasteiger partial charge in [0.2, 0.25) is 0 Å². The number of fused-ring (bicyclic) bond motifs is 3. The molecule has 0 unspecified atom stereocenters. The molecule has 1 aliphatic rings. The minimum atomic E-state index is 0.795. The number of H-pyrrole nitrogens is 1. The molecule has 0 spiro atoms. The molecule has 3 nitrogen and oxygen atoms in total. The maximum atomic E-state index is 5.80. The molecule has 0 radical (unpaired) electrons. The van der Waals surface area contributed by atoms with E-state index in [2.05, 4.69) is 59.7 Å². The lowest BCUT2D eigenvalue weighted by molar-refractivity contribution is 0.309. The largest absolute Gasteiger partial charge is 0.494 e. The van der Waals surface area contributed by atoms with Crippen molar-refractivity contribution in [2.75, 3.05) is 19.7 Å². The number of hydrogen-bond acceptors (Lipinski definition) is 2. The van der Waals surface area contributed by atoms with Gasteiger partial charge >= 0.3 is 0 Å². The molecule has 2 N–H and O–H groups in total. The molecule has 1 aliphatic heterocycles. The summed E-state index contributed by atoms with van der Waals surface area (Å²) >= 11 is 0. The van der Waals surface area contributed by atoms with Crippen LogP contribution in [0.4, 0.5) is 0 Å². The van der Waals surface area contributed by atoms with Gasteiger partial charge in [-0.3, -0.25) is 0 Å². The molecule has 0 saturated heterocycles. The molecule has 0 saturated carbocycles. The zero-order chi connectivity index (χ0) is 17.1. The highest BCUT2D eigenvalue weighted by Gasteiger charge is 2.17. The van der Waals surface area contributed by atoms with Crippen LogP contribution < -0.4 is 10.1 Å². The summed E-state index contributed by atoms with van der Waals surface area (Å²) in [7, 11) is 0. The summed E-state index contributed by atoms with van der Waals surface area (Å²) in [6, 6.07) is 15.1. The van der Waals surface area contributed by atoms with E-state index < -0.39 is 0 Å². The van der Waals surface area contributed by atoms with Gasteiger partial charge < -0.3 is 15.0 Å². The summed E-state index contributed by atoms with van der Waals surface area (Å²) in [5, 5.41) is 4.89. The minimum absolute atomic E-state index is 0.795. The van der Waals surface area contributed by atoms with Crippen LogP contribution in [0.15, 0.2) is 42.5 Å².